The average Bonchev–Trinajstić information content (AvgIpc) is 2.33. The number of pyridine rings is 1. The van der Waals surface area contributed by atoms with Crippen molar-refractivity contribution in [3.63, 3.8) is 0 Å². The number of nitrogen functional groups attached to an aromatic ring is 1. The smallest absolute Gasteiger partial charge is 0.263 e. The van der Waals surface area contributed by atoms with Crippen LogP contribution >= 0.6 is 11.6 Å². The number of rotatable bonds is 3. The van der Waals surface area contributed by atoms with E-state index >= 15 is 0 Å². The quantitative estimate of drug-likeness (QED) is 0.867. The average molecular weight is 286 g/mol. The highest BCUT2D eigenvalue weighted by Gasteiger charge is 2.16. The lowest BCUT2D eigenvalue weighted by Gasteiger charge is -2.07. The Bertz CT molecular complexity index is 662. The second kappa shape index (κ2) is 4.75. The minimum atomic E-state index is -3.79. The van der Waals surface area contributed by atoms with Gasteiger partial charge < -0.3 is 5.73 Å². The number of anilines is 2. The Morgan fingerprint density at radius 3 is 2.50 bits per heavy atom. The van der Waals surface area contributed by atoms with Crippen molar-refractivity contribution in [3.8, 4) is 0 Å². The molecule has 3 N–H and O–H groups in total. The Balaban J connectivity index is 2.34. The van der Waals surface area contributed by atoms with E-state index in [1.807, 2.05) is 0 Å². The normalized spacial score (nSPS) is 11.2. The Morgan fingerprint density at radius 2 is 1.89 bits per heavy atom. The summed E-state index contributed by atoms with van der Waals surface area (Å²) in [5.41, 5.74) is 5.65. The number of hydrogen-bond acceptors (Lipinski definition) is 6. The molecular formula is C9H8ClN5O2S. The SMILES string of the molecule is Nc1ncc(S(=O)(=O)Nc2cncnc2)cc1Cl. The summed E-state index contributed by atoms with van der Waals surface area (Å²) in [5.74, 6) is 0.0682. The van der Waals surface area contributed by atoms with Crippen LogP contribution in [0.1, 0.15) is 0 Å². The molecule has 7 nitrogen and oxygen atoms in total. The van der Waals surface area contributed by atoms with Crippen molar-refractivity contribution in [2.24, 2.45) is 0 Å². The molecule has 0 radical (unpaired) electrons. The van der Waals surface area contributed by atoms with Gasteiger partial charge in [-0.25, -0.2) is 23.4 Å². The molecule has 18 heavy (non-hydrogen) atoms. The Hall–Kier alpha value is -1.93. The van der Waals surface area contributed by atoms with Gasteiger partial charge in [-0.05, 0) is 6.07 Å². The molecule has 0 aliphatic heterocycles. The van der Waals surface area contributed by atoms with Gasteiger partial charge in [0.2, 0.25) is 0 Å². The van der Waals surface area contributed by atoms with Crippen LogP contribution < -0.4 is 10.5 Å². The molecule has 2 aromatic heterocycles. The van der Waals surface area contributed by atoms with E-state index in [-0.39, 0.29) is 21.4 Å². The third-order valence-electron chi connectivity index (χ3n) is 1.97. The van der Waals surface area contributed by atoms with E-state index in [1.54, 1.807) is 0 Å². The Kier molecular flexibility index (Phi) is 3.30. The summed E-state index contributed by atoms with van der Waals surface area (Å²) in [6.07, 6.45) is 5.07. The van der Waals surface area contributed by atoms with Gasteiger partial charge in [0.25, 0.3) is 10.0 Å². The molecule has 0 saturated carbocycles. The molecule has 0 atom stereocenters. The maximum atomic E-state index is 12.0. The lowest BCUT2D eigenvalue weighted by atomic mass is 10.5. The molecule has 2 heterocycles. The molecule has 0 aliphatic carbocycles. The molecule has 0 amide bonds. The number of nitrogens with two attached hydrogens (primary N) is 1. The van der Waals surface area contributed by atoms with E-state index in [1.165, 1.54) is 24.8 Å². The predicted octanol–water partition coefficient (Wildman–Crippen LogP) is 0.908. The van der Waals surface area contributed by atoms with Crippen LogP contribution in [0.15, 0.2) is 35.9 Å². The fourth-order valence-electron chi connectivity index (χ4n) is 1.14. The third kappa shape index (κ3) is 2.66. The Labute approximate surface area is 108 Å². The minimum Gasteiger partial charge on any atom is -0.382 e. The highest BCUT2D eigenvalue weighted by molar-refractivity contribution is 7.92. The molecule has 0 bridgehead atoms. The van der Waals surface area contributed by atoms with Gasteiger partial charge in [-0.1, -0.05) is 11.6 Å². The summed E-state index contributed by atoms with van der Waals surface area (Å²) in [6, 6.07) is 1.22. The molecule has 0 aliphatic rings. The largest absolute Gasteiger partial charge is 0.382 e. The number of nitrogens with zero attached hydrogens (tertiary/aromatic N) is 3. The molecule has 0 spiro atoms. The molecule has 0 aromatic carbocycles. The van der Waals surface area contributed by atoms with Crippen LogP contribution in [0, 0.1) is 0 Å². The molecule has 2 aromatic rings. The lowest BCUT2D eigenvalue weighted by Crippen LogP contribution is -2.14. The van der Waals surface area contributed by atoms with Gasteiger partial charge in [0.15, 0.2) is 0 Å². The van der Waals surface area contributed by atoms with Gasteiger partial charge in [-0.3, -0.25) is 4.72 Å². The second-order valence-corrected chi connectivity index (χ2v) is 5.36. The first-order valence-corrected chi connectivity index (χ1v) is 6.54. The van der Waals surface area contributed by atoms with Crippen LogP contribution in [-0.4, -0.2) is 23.4 Å². The number of sulfonamides is 1. The van der Waals surface area contributed by atoms with Crippen molar-refractivity contribution in [3.05, 3.63) is 36.0 Å². The van der Waals surface area contributed by atoms with Crippen molar-refractivity contribution < 1.29 is 8.42 Å². The summed E-state index contributed by atoms with van der Waals surface area (Å²) in [7, 11) is -3.79. The summed E-state index contributed by atoms with van der Waals surface area (Å²) in [6.45, 7) is 0. The molecule has 0 unspecified atom stereocenters. The maximum Gasteiger partial charge on any atom is 0.263 e. The monoisotopic (exact) mass is 285 g/mol. The molecule has 2 rings (SSSR count). The Morgan fingerprint density at radius 1 is 1.22 bits per heavy atom. The summed E-state index contributed by atoms with van der Waals surface area (Å²) >= 11 is 5.72. The number of halogens is 1. The van der Waals surface area contributed by atoms with E-state index in [4.69, 9.17) is 17.3 Å². The van der Waals surface area contributed by atoms with Gasteiger partial charge in [-0.2, -0.15) is 0 Å². The number of hydrogen-bond donors (Lipinski definition) is 2. The van der Waals surface area contributed by atoms with Crippen molar-refractivity contribution in [2.75, 3.05) is 10.5 Å². The zero-order chi connectivity index (χ0) is 13.2. The summed E-state index contributed by atoms with van der Waals surface area (Å²) < 4.78 is 26.2. The predicted molar refractivity (Wildman–Crippen MR) is 66.5 cm³/mol. The van der Waals surface area contributed by atoms with E-state index < -0.39 is 10.0 Å². The fraction of sp³-hybridized carbons (Fsp3) is 0. The van der Waals surface area contributed by atoms with Crippen molar-refractivity contribution >= 4 is 33.1 Å². The number of aromatic nitrogens is 3. The fourth-order valence-corrected chi connectivity index (χ4v) is 2.37. The van der Waals surface area contributed by atoms with E-state index in [2.05, 4.69) is 19.7 Å². The highest BCUT2D eigenvalue weighted by Crippen LogP contribution is 2.21. The van der Waals surface area contributed by atoms with E-state index in [9.17, 15) is 8.42 Å². The molecular weight excluding hydrogens is 278 g/mol. The van der Waals surface area contributed by atoms with Crippen LogP contribution in [0.2, 0.25) is 5.02 Å². The van der Waals surface area contributed by atoms with E-state index in [0.717, 1.165) is 6.20 Å². The van der Waals surface area contributed by atoms with Gasteiger partial charge in [-0.15, -0.1) is 0 Å². The maximum absolute atomic E-state index is 12.0. The zero-order valence-electron chi connectivity index (χ0n) is 8.91. The third-order valence-corrected chi connectivity index (χ3v) is 3.62. The van der Waals surface area contributed by atoms with Crippen LogP contribution in [0.3, 0.4) is 0 Å². The van der Waals surface area contributed by atoms with Crippen molar-refractivity contribution in [2.45, 2.75) is 4.90 Å². The molecule has 0 fully saturated rings. The first-order valence-electron chi connectivity index (χ1n) is 4.68. The summed E-state index contributed by atoms with van der Waals surface area (Å²) in [5, 5.41) is 0.0715. The molecule has 0 saturated heterocycles. The second-order valence-electron chi connectivity index (χ2n) is 3.27. The zero-order valence-corrected chi connectivity index (χ0v) is 10.5. The van der Waals surface area contributed by atoms with E-state index in [0.29, 0.717) is 0 Å². The van der Waals surface area contributed by atoms with Crippen LogP contribution in [0.4, 0.5) is 11.5 Å². The van der Waals surface area contributed by atoms with Crippen molar-refractivity contribution in [1.82, 2.24) is 15.0 Å². The topological polar surface area (TPSA) is 111 Å². The van der Waals surface area contributed by atoms with Crippen LogP contribution in [0.5, 0.6) is 0 Å². The van der Waals surface area contributed by atoms with Gasteiger partial charge in [0.1, 0.15) is 17.0 Å². The van der Waals surface area contributed by atoms with Crippen molar-refractivity contribution in [1.29, 1.82) is 0 Å². The lowest BCUT2D eigenvalue weighted by molar-refractivity contribution is 0.601. The van der Waals surface area contributed by atoms with Gasteiger partial charge >= 0.3 is 0 Å². The minimum absolute atomic E-state index is 0.0682. The number of nitrogens with one attached hydrogen (secondary N) is 1. The first kappa shape index (κ1) is 12.5. The molecule has 94 valence electrons. The van der Waals surface area contributed by atoms with Crippen LogP contribution in [-0.2, 0) is 10.0 Å². The molecule has 9 heteroatoms. The van der Waals surface area contributed by atoms with Gasteiger partial charge in [0, 0.05) is 6.20 Å². The first-order chi connectivity index (χ1) is 8.49. The standard InChI is InChI=1S/C9H8ClN5O2S/c10-8-1-7(4-14-9(8)11)18(16,17)15-6-2-12-5-13-3-6/h1-5,15H,(H2,11,14). The van der Waals surface area contributed by atoms with Gasteiger partial charge in [0.05, 0.1) is 23.1 Å². The highest BCUT2D eigenvalue weighted by atomic mass is 35.5. The van der Waals surface area contributed by atoms with Crippen LogP contribution in [0.25, 0.3) is 0 Å². The summed E-state index contributed by atoms with van der Waals surface area (Å²) in [4.78, 5) is 11.0.